The van der Waals surface area contributed by atoms with Gasteiger partial charge in [0.15, 0.2) is 9.84 Å². The summed E-state index contributed by atoms with van der Waals surface area (Å²) in [5.41, 5.74) is 4.54. The molecule has 2 aromatic carbocycles. The van der Waals surface area contributed by atoms with Gasteiger partial charge in [0.2, 0.25) is 0 Å². The summed E-state index contributed by atoms with van der Waals surface area (Å²) in [5.74, 6) is -0.397. The van der Waals surface area contributed by atoms with Crippen LogP contribution in [0.4, 0.5) is 0 Å². The number of carbonyl (C=O) groups excluding carboxylic acids is 1. The molecule has 0 aliphatic rings. The Balaban J connectivity index is 1.80. The standard InChI is InChI=1S/C23H24N2O3S/c1-16-6-9-22(18(3)11-16)29(27,28)15-21-12-20(8-7-17(21)2)23(26)25-14-19-5-4-10-24-13-19/h4-13H,14-15H2,1-3H3,(H,25,26). The molecule has 0 saturated carbocycles. The van der Waals surface area contributed by atoms with Gasteiger partial charge in [-0.05, 0) is 67.3 Å². The van der Waals surface area contributed by atoms with Crippen LogP contribution in [0.2, 0.25) is 0 Å². The Morgan fingerprint density at radius 2 is 1.79 bits per heavy atom. The van der Waals surface area contributed by atoms with Crippen molar-refractivity contribution in [2.75, 3.05) is 0 Å². The highest BCUT2D eigenvalue weighted by Gasteiger charge is 2.20. The van der Waals surface area contributed by atoms with Crippen LogP contribution in [-0.2, 0) is 22.1 Å². The summed E-state index contributed by atoms with van der Waals surface area (Å²) >= 11 is 0. The number of amides is 1. The van der Waals surface area contributed by atoms with Crippen molar-refractivity contribution >= 4 is 15.7 Å². The second-order valence-corrected chi connectivity index (χ2v) is 9.17. The fraction of sp³-hybridized carbons (Fsp3) is 0.217. The molecule has 0 radical (unpaired) electrons. The molecular weight excluding hydrogens is 384 g/mol. The Bertz CT molecular complexity index is 1140. The zero-order valence-electron chi connectivity index (χ0n) is 16.8. The molecule has 0 aliphatic carbocycles. The van der Waals surface area contributed by atoms with Crippen molar-refractivity contribution in [3.05, 3.63) is 94.3 Å². The SMILES string of the molecule is Cc1ccc(S(=O)(=O)Cc2cc(C(=O)NCc3cccnc3)ccc2C)c(C)c1. The van der Waals surface area contributed by atoms with E-state index in [2.05, 4.69) is 10.3 Å². The quantitative estimate of drug-likeness (QED) is 0.671. The highest BCUT2D eigenvalue weighted by molar-refractivity contribution is 7.90. The van der Waals surface area contributed by atoms with E-state index in [9.17, 15) is 13.2 Å². The Hall–Kier alpha value is -2.99. The predicted octanol–water partition coefficient (Wildman–Crippen LogP) is 3.91. The van der Waals surface area contributed by atoms with Crippen molar-refractivity contribution in [3.8, 4) is 0 Å². The molecule has 6 heteroatoms. The van der Waals surface area contributed by atoms with Gasteiger partial charge in [-0.1, -0.05) is 29.8 Å². The van der Waals surface area contributed by atoms with E-state index in [1.165, 1.54) is 0 Å². The van der Waals surface area contributed by atoms with E-state index in [4.69, 9.17) is 0 Å². The zero-order valence-corrected chi connectivity index (χ0v) is 17.6. The number of nitrogens with zero attached hydrogens (tertiary/aromatic N) is 1. The van der Waals surface area contributed by atoms with Crippen LogP contribution in [0.25, 0.3) is 0 Å². The van der Waals surface area contributed by atoms with E-state index >= 15 is 0 Å². The van der Waals surface area contributed by atoms with Crippen LogP contribution in [0.15, 0.2) is 65.8 Å². The number of hydrogen-bond donors (Lipinski definition) is 1. The van der Waals surface area contributed by atoms with Crippen LogP contribution >= 0.6 is 0 Å². The average Bonchev–Trinajstić information content (AvgIpc) is 2.68. The van der Waals surface area contributed by atoms with Gasteiger partial charge in [-0.15, -0.1) is 0 Å². The maximum atomic E-state index is 13.0. The summed E-state index contributed by atoms with van der Waals surface area (Å²) in [6.45, 7) is 5.94. The number of aromatic nitrogens is 1. The third kappa shape index (κ3) is 5.09. The van der Waals surface area contributed by atoms with E-state index in [-0.39, 0.29) is 11.7 Å². The summed E-state index contributed by atoms with van der Waals surface area (Å²) < 4.78 is 25.9. The third-order valence-electron chi connectivity index (χ3n) is 4.80. The molecule has 29 heavy (non-hydrogen) atoms. The molecule has 0 aliphatic heterocycles. The van der Waals surface area contributed by atoms with Gasteiger partial charge in [-0.25, -0.2) is 8.42 Å². The zero-order chi connectivity index (χ0) is 21.0. The van der Waals surface area contributed by atoms with Gasteiger partial charge >= 0.3 is 0 Å². The average molecular weight is 409 g/mol. The topological polar surface area (TPSA) is 76.1 Å². The van der Waals surface area contributed by atoms with Crippen LogP contribution in [0.5, 0.6) is 0 Å². The van der Waals surface area contributed by atoms with Gasteiger partial charge in [0.1, 0.15) is 0 Å². The van der Waals surface area contributed by atoms with Crippen LogP contribution in [0.3, 0.4) is 0 Å². The fourth-order valence-electron chi connectivity index (χ4n) is 3.19. The first kappa shape index (κ1) is 20.7. The third-order valence-corrected chi connectivity index (χ3v) is 6.62. The van der Waals surface area contributed by atoms with E-state index in [0.29, 0.717) is 22.6 Å². The second kappa shape index (κ2) is 8.57. The van der Waals surface area contributed by atoms with Crippen molar-refractivity contribution < 1.29 is 13.2 Å². The molecule has 3 rings (SSSR count). The molecule has 0 fully saturated rings. The summed E-state index contributed by atoms with van der Waals surface area (Å²) in [4.78, 5) is 16.9. The lowest BCUT2D eigenvalue weighted by molar-refractivity contribution is 0.0950. The highest BCUT2D eigenvalue weighted by Crippen LogP contribution is 2.23. The second-order valence-electron chi connectivity index (χ2n) is 7.21. The maximum Gasteiger partial charge on any atom is 0.251 e. The first-order valence-corrected chi connectivity index (χ1v) is 11.0. The lowest BCUT2D eigenvalue weighted by Crippen LogP contribution is -2.23. The van der Waals surface area contributed by atoms with E-state index in [1.807, 2.05) is 32.0 Å². The van der Waals surface area contributed by atoms with Crippen molar-refractivity contribution in [1.29, 1.82) is 0 Å². The number of hydrogen-bond acceptors (Lipinski definition) is 4. The molecule has 0 bridgehead atoms. The number of benzene rings is 2. The molecule has 0 atom stereocenters. The Labute approximate surface area is 171 Å². The number of rotatable bonds is 6. The van der Waals surface area contributed by atoms with Crippen LogP contribution in [-0.4, -0.2) is 19.3 Å². The normalized spacial score (nSPS) is 11.3. The minimum atomic E-state index is -3.52. The molecule has 1 aromatic heterocycles. The summed E-state index contributed by atoms with van der Waals surface area (Å²) in [6, 6.07) is 14.2. The monoisotopic (exact) mass is 408 g/mol. The molecular formula is C23H24N2O3S. The van der Waals surface area contributed by atoms with Crippen LogP contribution < -0.4 is 5.32 Å². The van der Waals surface area contributed by atoms with Gasteiger partial charge < -0.3 is 5.32 Å². The fourth-order valence-corrected chi connectivity index (χ4v) is 4.89. The number of aryl methyl sites for hydroxylation is 3. The minimum Gasteiger partial charge on any atom is -0.348 e. The molecule has 5 nitrogen and oxygen atoms in total. The lowest BCUT2D eigenvalue weighted by Gasteiger charge is -2.12. The summed E-state index contributed by atoms with van der Waals surface area (Å²) in [7, 11) is -3.52. The van der Waals surface area contributed by atoms with E-state index < -0.39 is 9.84 Å². The predicted molar refractivity (Wildman–Crippen MR) is 113 cm³/mol. The summed E-state index contributed by atoms with van der Waals surface area (Å²) in [5, 5.41) is 2.84. The molecule has 0 unspecified atom stereocenters. The smallest absolute Gasteiger partial charge is 0.251 e. The Kier molecular flexibility index (Phi) is 6.13. The molecule has 150 valence electrons. The van der Waals surface area contributed by atoms with Gasteiger partial charge in [-0.3, -0.25) is 9.78 Å². The summed E-state index contributed by atoms with van der Waals surface area (Å²) in [6.07, 6.45) is 3.37. The van der Waals surface area contributed by atoms with Crippen LogP contribution in [0.1, 0.15) is 38.2 Å². The number of pyridine rings is 1. The number of sulfone groups is 1. The largest absolute Gasteiger partial charge is 0.348 e. The van der Waals surface area contributed by atoms with E-state index in [0.717, 1.165) is 22.3 Å². The number of carbonyl (C=O) groups is 1. The van der Waals surface area contributed by atoms with Crippen molar-refractivity contribution in [2.45, 2.75) is 38.0 Å². The first-order valence-electron chi connectivity index (χ1n) is 9.33. The molecule has 1 amide bonds. The Morgan fingerprint density at radius 1 is 1.00 bits per heavy atom. The van der Waals surface area contributed by atoms with Gasteiger partial charge in [0, 0.05) is 24.5 Å². The highest BCUT2D eigenvalue weighted by atomic mass is 32.2. The molecule has 3 aromatic rings. The van der Waals surface area contributed by atoms with Gasteiger partial charge in [0.25, 0.3) is 5.91 Å². The number of nitrogens with one attached hydrogen (secondary N) is 1. The van der Waals surface area contributed by atoms with Gasteiger partial charge in [-0.2, -0.15) is 0 Å². The van der Waals surface area contributed by atoms with Crippen LogP contribution in [0, 0.1) is 20.8 Å². The van der Waals surface area contributed by atoms with Crippen molar-refractivity contribution in [1.82, 2.24) is 10.3 Å². The molecule has 0 saturated heterocycles. The van der Waals surface area contributed by atoms with Crippen molar-refractivity contribution in [3.63, 3.8) is 0 Å². The molecule has 1 N–H and O–H groups in total. The maximum absolute atomic E-state index is 13.0. The van der Waals surface area contributed by atoms with Crippen molar-refractivity contribution in [2.24, 2.45) is 0 Å². The van der Waals surface area contributed by atoms with E-state index in [1.54, 1.807) is 49.6 Å². The Morgan fingerprint density at radius 3 is 2.48 bits per heavy atom. The van der Waals surface area contributed by atoms with Gasteiger partial charge in [0.05, 0.1) is 10.6 Å². The lowest BCUT2D eigenvalue weighted by atomic mass is 10.1. The molecule has 1 heterocycles. The first-order chi connectivity index (χ1) is 13.8. The molecule has 0 spiro atoms. The minimum absolute atomic E-state index is 0.146.